The average Bonchev–Trinajstić information content (AvgIpc) is 2.38. The molecule has 0 heterocycles. The van der Waals surface area contributed by atoms with E-state index in [0.717, 1.165) is 0 Å². The van der Waals surface area contributed by atoms with Crippen LogP contribution in [0.15, 0.2) is 0 Å². The Morgan fingerprint density at radius 2 is 1.45 bits per heavy atom. The quantitative estimate of drug-likeness (QED) is 0.674. The zero-order valence-corrected chi connectivity index (χ0v) is 12.6. The van der Waals surface area contributed by atoms with E-state index in [2.05, 4.69) is 0 Å². The highest BCUT2D eigenvalue weighted by Gasteiger charge is 2.33. The minimum absolute atomic E-state index is 0.0739. The van der Waals surface area contributed by atoms with Crippen LogP contribution in [0.25, 0.3) is 0 Å². The Balaban J connectivity index is 5.28. The lowest BCUT2D eigenvalue weighted by molar-refractivity contribution is -0.155. The maximum Gasteiger partial charge on any atom is 0.326 e. The molecule has 2 unspecified atom stereocenters. The first kappa shape index (κ1) is 18.4. The molecule has 6 nitrogen and oxygen atoms in total. The molecule has 116 valence electrons. The van der Waals surface area contributed by atoms with Crippen LogP contribution in [0.2, 0.25) is 0 Å². The van der Waals surface area contributed by atoms with E-state index in [-0.39, 0.29) is 24.8 Å². The van der Waals surface area contributed by atoms with Gasteiger partial charge in [-0.05, 0) is 19.3 Å². The molecule has 20 heavy (non-hydrogen) atoms. The lowest BCUT2D eigenvalue weighted by Crippen LogP contribution is -2.49. The molecule has 0 aromatic heterocycles. The Labute approximate surface area is 119 Å². The average molecular weight is 287 g/mol. The molecule has 0 saturated heterocycles. The van der Waals surface area contributed by atoms with E-state index in [1.54, 1.807) is 6.92 Å². The minimum atomic E-state index is -1.09. The van der Waals surface area contributed by atoms with E-state index in [1.807, 2.05) is 13.8 Å². The third kappa shape index (κ3) is 4.83. The van der Waals surface area contributed by atoms with Gasteiger partial charge in [-0.25, -0.2) is 4.79 Å². The predicted molar refractivity (Wildman–Crippen MR) is 74.3 cm³/mol. The number of aliphatic carboxylic acids is 2. The molecule has 0 aromatic rings. The van der Waals surface area contributed by atoms with Gasteiger partial charge in [0.25, 0.3) is 0 Å². The number of carbonyl (C=O) groups excluding carboxylic acids is 1. The first-order valence-corrected chi connectivity index (χ1v) is 7.06. The number of amides is 1. The highest BCUT2D eigenvalue weighted by Crippen LogP contribution is 2.18. The summed E-state index contributed by atoms with van der Waals surface area (Å²) in [6.45, 7) is 6.82. The monoisotopic (exact) mass is 287 g/mol. The number of carboxylic acids is 2. The van der Waals surface area contributed by atoms with Crippen molar-refractivity contribution in [2.24, 2.45) is 11.8 Å². The van der Waals surface area contributed by atoms with E-state index in [0.29, 0.717) is 12.8 Å². The summed E-state index contributed by atoms with van der Waals surface area (Å²) in [7, 11) is 0. The topological polar surface area (TPSA) is 94.9 Å². The molecule has 0 saturated carbocycles. The van der Waals surface area contributed by atoms with Crippen molar-refractivity contribution in [3.63, 3.8) is 0 Å². The highest BCUT2D eigenvalue weighted by atomic mass is 16.4. The molecule has 6 heteroatoms. The van der Waals surface area contributed by atoms with E-state index in [9.17, 15) is 19.5 Å². The van der Waals surface area contributed by atoms with Crippen LogP contribution in [-0.2, 0) is 14.4 Å². The first-order valence-electron chi connectivity index (χ1n) is 7.06. The van der Waals surface area contributed by atoms with E-state index in [4.69, 9.17) is 5.11 Å². The molecule has 0 aliphatic heterocycles. The lowest BCUT2D eigenvalue weighted by Gasteiger charge is -2.32. The minimum Gasteiger partial charge on any atom is -0.481 e. The standard InChI is InChI=1S/C14H25NO5/c1-5-10(6-2)12(16)15(8-9(4)13(17)18)11(7-3)14(19)20/h9-11H,5-8H2,1-4H3,(H,17,18)(H,19,20). The molecule has 0 aliphatic rings. The van der Waals surface area contributed by atoms with Gasteiger partial charge in [0.1, 0.15) is 6.04 Å². The number of carboxylic acid groups (broad SMARTS) is 2. The molecule has 0 aliphatic carbocycles. The zero-order valence-electron chi connectivity index (χ0n) is 12.6. The Morgan fingerprint density at radius 3 is 1.75 bits per heavy atom. The predicted octanol–water partition coefficient (Wildman–Crippen LogP) is 1.84. The molecule has 0 aromatic carbocycles. The molecular formula is C14H25NO5. The van der Waals surface area contributed by atoms with Gasteiger partial charge in [-0.3, -0.25) is 9.59 Å². The normalized spacial score (nSPS) is 13.8. The largest absolute Gasteiger partial charge is 0.481 e. The van der Waals surface area contributed by atoms with Crippen LogP contribution >= 0.6 is 0 Å². The summed E-state index contributed by atoms with van der Waals surface area (Å²) in [5, 5.41) is 18.2. The van der Waals surface area contributed by atoms with Crippen LogP contribution in [-0.4, -0.2) is 45.5 Å². The summed E-state index contributed by atoms with van der Waals surface area (Å²) in [5.41, 5.74) is 0. The van der Waals surface area contributed by atoms with Gasteiger partial charge in [-0.1, -0.05) is 27.7 Å². The number of rotatable bonds is 9. The van der Waals surface area contributed by atoms with Gasteiger partial charge in [0.05, 0.1) is 5.92 Å². The molecule has 1 amide bonds. The lowest BCUT2D eigenvalue weighted by atomic mass is 9.99. The van der Waals surface area contributed by atoms with E-state index < -0.39 is 23.9 Å². The van der Waals surface area contributed by atoms with Crippen molar-refractivity contribution in [3.05, 3.63) is 0 Å². The summed E-state index contributed by atoms with van der Waals surface area (Å²) in [6, 6.07) is -0.968. The van der Waals surface area contributed by atoms with Gasteiger partial charge in [0.15, 0.2) is 0 Å². The fourth-order valence-corrected chi connectivity index (χ4v) is 2.14. The van der Waals surface area contributed by atoms with Crippen LogP contribution in [0, 0.1) is 11.8 Å². The third-order valence-corrected chi connectivity index (χ3v) is 3.56. The van der Waals surface area contributed by atoms with Gasteiger partial charge >= 0.3 is 11.9 Å². The van der Waals surface area contributed by atoms with Crippen molar-refractivity contribution in [2.45, 2.75) is 53.0 Å². The summed E-state index contributed by atoms with van der Waals surface area (Å²) < 4.78 is 0. The molecule has 0 rings (SSSR count). The van der Waals surface area contributed by atoms with Crippen molar-refractivity contribution in [3.8, 4) is 0 Å². The molecule has 2 atom stereocenters. The summed E-state index contributed by atoms with van der Waals surface area (Å²) >= 11 is 0. The maximum atomic E-state index is 12.4. The molecule has 0 fully saturated rings. The van der Waals surface area contributed by atoms with Gasteiger partial charge in [-0.2, -0.15) is 0 Å². The highest BCUT2D eigenvalue weighted by molar-refractivity contribution is 5.85. The Bertz CT molecular complexity index is 351. The number of carbonyl (C=O) groups is 3. The zero-order chi connectivity index (χ0) is 15.9. The fourth-order valence-electron chi connectivity index (χ4n) is 2.14. The summed E-state index contributed by atoms with van der Waals surface area (Å²) in [6.07, 6.45) is 1.49. The third-order valence-electron chi connectivity index (χ3n) is 3.56. The Kier molecular flexibility index (Phi) is 7.87. The fraction of sp³-hybridized carbons (Fsp3) is 0.786. The smallest absolute Gasteiger partial charge is 0.326 e. The second-order valence-electron chi connectivity index (χ2n) is 5.01. The second kappa shape index (κ2) is 8.55. The van der Waals surface area contributed by atoms with Crippen LogP contribution in [0.5, 0.6) is 0 Å². The van der Waals surface area contributed by atoms with Crippen LogP contribution in [0.4, 0.5) is 0 Å². The van der Waals surface area contributed by atoms with E-state index >= 15 is 0 Å². The van der Waals surface area contributed by atoms with Crippen LogP contribution in [0.1, 0.15) is 47.0 Å². The number of hydrogen-bond donors (Lipinski definition) is 2. The number of nitrogens with zero attached hydrogens (tertiary/aromatic N) is 1. The summed E-state index contributed by atoms with van der Waals surface area (Å²) in [4.78, 5) is 35.9. The van der Waals surface area contributed by atoms with E-state index in [1.165, 1.54) is 11.8 Å². The molecule has 0 radical (unpaired) electrons. The molecule has 0 bridgehead atoms. The van der Waals surface area contributed by atoms with Crippen molar-refractivity contribution >= 4 is 17.8 Å². The van der Waals surface area contributed by atoms with Crippen LogP contribution in [0.3, 0.4) is 0 Å². The Morgan fingerprint density at radius 1 is 0.950 bits per heavy atom. The summed E-state index contributed by atoms with van der Waals surface area (Å²) in [5.74, 6) is -3.44. The first-order chi connectivity index (χ1) is 9.29. The molecular weight excluding hydrogens is 262 g/mol. The number of hydrogen-bond acceptors (Lipinski definition) is 3. The van der Waals surface area contributed by atoms with Gasteiger partial charge < -0.3 is 15.1 Å². The van der Waals surface area contributed by atoms with Crippen molar-refractivity contribution in [1.82, 2.24) is 4.90 Å². The van der Waals surface area contributed by atoms with Gasteiger partial charge in [0, 0.05) is 12.5 Å². The SMILES string of the molecule is CCC(CC)C(=O)N(CC(C)C(=O)O)C(CC)C(=O)O. The second-order valence-corrected chi connectivity index (χ2v) is 5.01. The van der Waals surface area contributed by atoms with Crippen molar-refractivity contribution < 1.29 is 24.6 Å². The molecule has 0 spiro atoms. The van der Waals surface area contributed by atoms with Gasteiger partial charge in [0.2, 0.25) is 5.91 Å². The van der Waals surface area contributed by atoms with Crippen LogP contribution < -0.4 is 0 Å². The van der Waals surface area contributed by atoms with Crippen molar-refractivity contribution in [1.29, 1.82) is 0 Å². The maximum absolute atomic E-state index is 12.4. The molecule has 2 N–H and O–H groups in total. The van der Waals surface area contributed by atoms with Crippen molar-refractivity contribution in [2.75, 3.05) is 6.54 Å². The Hall–Kier alpha value is -1.59. The van der Waals surface area contributed by atoms with Gasteiger partial charge in [-0.15, -0.1) is 0 Å².